The molecule has 1 unspecified atom stereocenters. The molecule has 0 bridgehead atoms. The van der Waals surface area contributed by atoms with E-state index in [0.29, 0.717) is 11.5 Å². The SMILES string of the molecule is C=C(C=O)C(C)CC. The molecular formula is C7H12O. The van der Waals surface area contributed by atoms with E-state index in [1.807, 2.05) is 13.8 Å². The fraction of sp³-hybridized carbons (Fsp3) is 0.571. The van der Waals surface area contributed by atoms with E-state index in [1.165, 1.54) is 0 Å². The zero-order valence-electron chi connectivity index (χ0n) is 5.48. The maximum atomic E-state index is 10.0. The molecule has 0 aliphatic carbocycles. The number of carbonyl (C=O) groups excluding carboxylic acids is 1. The van der Waals surface area contributed by atoms with Gasteiger partial charge in [0.2, 0.25) is 0 Å². The third-order valence-electron chi connectivity index (χ3n) is 1.40. The van der Waals surface area contributed by atoms with Crippen molar-refractivity contribution in [3.63, 3.8) is 0 Å². The van der Waals surface area contributed by atoms with Crippen LogP contribution in [0.4, 0.5) is 0 Å². The molecule has 0 radical (unpaired) electrons. The maximum Gasteiger partial charge on any atom is 0.145 e. The molecule has 1 atom stereocenters. The van der Waals surface area contributed by atoms with Gasteiger partial charge in [0.05, 0.1) is 0 Å². The Balaban J connectivity index is 3.62. The smallest absolute Gasteiger partial charge is 0.145 e. The van der Waals surface area contributed by atoms with Gasteiger partial charge in [-0.15, -0.1) is 0 Å². The van der Waals surface area contributed by atoms with Crippen molar-refractivity contribution in [3.8, 4) is 0 Å². The molecule has 8 heavy (non-hydrogen) atoms. The van der Waals surface area contributed by atoms with Crippen LogP contribution in [0.3, 0.4) is 0 Å². The van der Waals surface area contributed by atoms with Crippen LogP contribution >= 0.6 is 0 Å². The summed E-state index contributed by atoms with van der Waals surface area (Å²) in [5.74, 6) is 0.354. The van der Waals surface area contributed by atoms with Crippen molar-refractivity contribution >= 4 is 6.29 Å². The van der Waals surface area contributed by atoms with Gasteiger partial charge in [0.25, 0.3) is 0 Å². The highest BCUT2D eigenvalue weighted by Crippen LogP contribution is 2.08. The largest absolute Gasteiger partial charge is 0.298 e. The summed E-state index contributed by atoms with van der Waals surface area (Å²) in [6.45, 7) is 7.61. The van der Waals surface area contributed by atoms with Gasteiger partial charge in [-0.3, -0.25) is 4.79 Å². The van der Waals surface area contributed by atoms with Crippen molar-refractivity contribution in [1.82, 2.24) is 0 Å². The van der Waals surface area contributed by atoms with Gasteiger partial charge in [-0.25, -0.2) is 0 Å². The number of hydrogen-bond acceptors (Lipinski definition) is 1. The van der Waals surface area contributed by atoms with Crippen LogP contribution in [-0.4, -0.2) is 6.29 Å². The summed E-state index contributed by atoms with van der Waals surface area (Å²) in [7, 11) is 0. The van der Waals surface area contributed by atoms with Crippen LogP contribution in [0.25, 0.3) is 0 Å². The maximum absolute atomic E-state index is 10.0. The van der Waals surface area contributed by atoms with Crippen molar-refractivity contribution in [2.75, 3.05) is 0 Å². The molecule has 1 heteroatoms. The van der Waals surface area contributed by atoms with Gasteiger partial charge in [-0.2, -0.15) is 0 Å². The van der Waals surface area contributed by atoms with Crippen LogP contribution < -0.4 is 0 Å². The molecule has 0 aromatic heterocycles. The quantitative estimate of drug-likeness (QED) is 0.402. The topological polar surface area (TPSA) is 17.1 Å². The summed E-state index contributed by atoms with van der Waals surface area (Å²) in [6, 6.07) is 0. The highest BCUT2D eigenvalue weighted by molar-refractivity contribution is 5.72. The lowest BCUT2D eigenvalue weighted by molar-refractivity contribution is -0.105. The van der Waals surface area contributed by atoms with E-state index in [1.54, 1.807) is 0 Å². The molecule has 1 nitrogen and oxygen atoms in total. The van der Waals surface area contributed by atoms with Crippen molar-refractivity contribution in [1.29, 1.82) is 0 Å². The third-order valence-corrected chi connectivity index (χ3v) is 1.40. The van der Waals surface area contributed by atoms with E-state index >= 15 is 0 Å². The molecule has 0 rings (SSSR count). The predicted octanol–water partition coefficient (Wildman–Crippen LogP) is 1.79. The lowest BCUT2D eigenvalue weighted by atomic mass is 10.0. The van der Waals surface area contributed by atoms with Crippen LogP contribution in [0.15, 0.2) is 12.2 Å². The monoisotopic (exact) mass is 112 g/mol. The van der Waals surface area contributed by atoms with Crippen LogP contribution in [-0.2, 0) is 4.79 Å². The number of hydrogen-bond donors (Lipinski definition) is 0. The van der Waals surface area contributed by atoms with E-state index in [4.69, 9.17) is 0 Å². The first kappa shape index (κ1) is 7.41. The molecule has 0 spiro atoms. The van der Waals surface area contributed by atoms with Gasteiger partial charge in [-0.05, 0) is 17.9 Å². The van der Waals surface area contributed by atoms with E-state index in [2.05, 4.69) is 6.58 Å². The molecule has 0 saturated carbocycles. The Labute approximate surface area is 50.4 Å². The number of carbonyl (C=O) groups is 1. The van der Waals surface area contributed by atoms with Crippen LogP contribution in [0.1, 0.15) is 20.3 Å². The van der Waals surface area contributed by atoms with E-state index in [0.717, 1.165) is 12.7 Å². The summed E-state index contributed by atoms with van der Waals surface area (Å²) < 4.78 is 0. The second-order valence-electron chi connectivity index (χ2n) is 2.00. The molecule has 0 heterocycles. The minimum absolute atomic E-state index is 0.354. The van der Waals surface area contributed by atoms with Gasteiger partial charge in [0.15, 0.2) is 0 Å². The average molecular weight is 112 g/mol. The van der Waals surface area contributed by atoms with Crippen molar-refractivity contribution < 1.29 is 4.79 Å². The summed E-state index contributed by atoms with van der Waals surface area (Å²) in [6.07, 6.45) is 1.83. The lowest BCUT2D eigenvalue weighted by Crippen LogP contribution is -1.95. The molecule has 0 aromatic rings. The number of allylic oxidation sites excluding steroid dienone is 1. The van der Waals surface area contributed by atoms with Gasteiger partial charge < -0.3 is 0 Å². The van der Waals surface area contributed by atoms with Crippen molar-refractivity contribution in [2.45, 2.75) is 20.3 Å². The third kappa shape index (κ3) is 1.92. The van der Waals surface area contributed by atoms with Crippen LogP contribution in [0, 0.1) is 5.92 Å². The van der Waals surface area contributed by atoms with Crippen LogP contribution in [0.5, 0.6) is 0 Å². The molecule has 46 valence electrons. The summed E-state index contributed by atoms with van der Waals surface area (Å²) >= 11 is 0. The standard InChI is InChI=1S/C7H12O/c1-4-6(2)7(3)5-8/h5-6H,3-4H2,1-2H3. The Morgan fingerprint density at radius 2 is 2.38 bits per heavy atom. The molecule has 0 saturated heterocycles. The Kier molecular flexibility index (Phi) is 3.16. The van der Waals surface area contributed by atoms with E-state index in [-0.39, 0.29) is 0 Å². The van der Waals surface area contributed by atoms with Crippen molar-refractivity contribution in [3.05, 3.63) is 12.2 Å². The Morgan fingerprint density at radius 3 is 2.50 bits per heavy atom. The summed E-state index contributed by atoms with van der Waals surface area (Å²) in [4.78, 5) is 10.0. The molecule has 0 aliphatic rings. The van der Waals surface area contributed by atoms with Gasteiger partial charge in [0, 0.05) is 0 Å². The highest BCUT2D eigenvalue weighted by atomic mass is 16.1. The summed E-state index contributed by atoms with van der Waals surface area (Å²) in [5, 5.41) is 0. The molecule has 0 aliphatic heterocycles. The zero-order chi connectivity index (χ0) is 6.57. The second kappa shape index (κ2) is 3.42. The Bertz CT molecular complexity index is 94.6. The normalized spacial score (nSPS) is 12.8. The van der Waals surface area contributed by atoms with Crippen molar-refractivity contribution in [2.24, 2.45) is 5.92 Å². The number of rotatable bonds is 3. The van der Waals surface area contributed by atoms with Gasteiger partial charge >= 0.3 is 0 Å². The first-order valence-corrected chi connectivity index (χ1v) is 2.86. The predicted molar refractivity (Wildman–Crippen MR) is 34.7 cm³/mol. The van der Waals surface area contributed by atoms with E-state index < -0.39 is 0 Å². The van der Waals surface area contributed by atoms with Gasteiger partial charge in [0.1, 0.15) is 6.29 Å². The minimum Gasteiger partial charge on any atom is -0.298 e. The fourth-order valence-corrected chi connectivity index (χ4v) is 0.378. The molecular weight excluding hydrogens is 100 g/mol. The Hall–Kier alpha value is -0.590. The second-order valence-corrected chi connectivity index (χ2v) is 2.00. The first-order valence-electron chi connectivity index (χ1n) is 2.86. The number of aldehydes is 1. The Morgan fingerprint density at radius 1 is 1.88 bits per heavy atom. The fourth-order valence-electron chi connectivity index (χ4n) is 0.378. The summed E-state index contributed by atoms with van der Waals surface area (Å²) in [5.41, 5.74) is 0.701. The molecule has 0 amide bonds. The van der Waals surface area contributed by atoms with Crippen LogP contribution in [0.2, 0.25) is 0 Å². The molecule has 0 fully saturated rings. The minimum atomic E-state index is 0.354. The highest BCUT2D eigenvalue weighted by Gasteiger charge is 1.99. The van der Waals surface area contributed by atoms with Gasteiger partial charge in [-0.1, -0.05) is 20.4 Å². The zero-order valence-corrected chi connectivity index (χ0v) is 5.48. The average Bonchev–Trinajstić information content (AvgIpc) is 1.84. The molecule has 0 N–H and O–H groups in total. The molecule has 0 aromatic carbocycles. The first-order chi connectivity index (χ1) is 3.72. The lowest BCUT2D eigenvalue weighted by Gasteiger charge is -2.02. The van der Waals surface area contributed by atoms with E-state index in [9.17, 15) is 4.79 Å².